The van der Waals surface area contributed by atoms with Gasteiger partial charge in [0.05, 0.1) is 10.6 Å². The van der Waals surface area contributed by atoms with E-state index in [1.807, 2.05) is 4.90 Å². The summed E-state index contributed by atoms with van der Waals surface area (Å²) < 4.78 is 41.3. The van der Waals surface area contributed by atoms with Gasteiger partial charge in [-0.2, -0.15) is 0 Å². The summed E-state index contributed by atoms with van der Waals surface area (Å²) >= 11 is 0. The van der Waals surface area contributed by atoms with Crippen molar-refractivity contribution < 1.29 is 17.6 Å². The predicted molar refractivity (Wildman–Crippen MR) is 119 cm³/mol. The van der Waals surface area contributed by atoms with Crippen LogP contribution >= 0.6 is 0 Å². The molecule has 1 saturated carbocycles. The van der Waals surface area contributed by atoms with E-state index >= 15 is 0 Å². The first kappa shape index (κ1) is 21.8. The van der Waals surface area contributed by atoms with Crippen LogP contribution in [0.1, 0.15) is 40.0 Å². The molecule has 5 nitrogen and oxygen atoms in total. The molecule has 2 aromatic rings. The van der Waals surface area contributed by atoms with Gasteiger partial charge in [-0.25, -0.2) is 12.8 Å². The second kappa shape index (κ2) is 7.62. The number of hydrogen-bond donors (Lipinski definition) is 0. The molecule has 166 valence electrons. The lowest BCUT2D eigenvalue weighted by atomic mass is 9.65. The number of sulfonamides is 1. The topological polar surface area (TPSA) is 57.7 Å². The number of rotatable bonds is 5. The molecule has 0 N–H and O–H groups in total. The number of fused-ring (bicyclic) bond motifs is 2. The Morgan fingerprint density at radius 2 is 1.71 bits per heavy atom. The molecule has 2 fully saturated rings. The maximum atomic E-state index is 13.4. The molecule has 1 aliphatic heterocycles. The average Bonchev–Trinajstić information content (AvgIpc) is 2.95. The Hall–Kier alpha value is -2.41. The number of para-hydroxylation sites is 1. The zero-order chi connectivity index (χ0) is 22.4. The average molecular weight is 445 g/mol. The van der Waals surface area contributed by atoms with Crippen LogP contribution in [-0.4, -0.2) is 38.4 Å². The van der Waals surface area contributed by atoms with Gasteiger partial charge < -0.3 is 4.90 Å². The van der Waals surface area contributed by atoms with Crippen LogP contribution in [-0.2, 0) is 14.8 Å². The molecule has 2 aromatic carbocycles. The van der Waals surface area contributed by atoms with E-state index in [-0.39, 0.29) is 34.2 Å². The van der Waals surface area contributed by atoms with Gasteiger partial charge in [0.2, 0.25) is 5.91 Å². The molecule has 7 heteroatoms. The molecule has 2 atom stereocenters. The minimum Gasteiger partial charge on any atom is -0.338 e. The fourth-order valence-corrected chi connectivity index (χ4v) is 7.02. The molecule has 2 aliphatic rings. The highest BCUT2D eigenvalue weighted by molar-refractivity contribution is 7.92. The van der Waals surface area contributed by atoms with Gasteiger partial charge in [-0.15, -0.1) is 0 Å². The van der Waals surface area contributed by atoms with E-state index in [1.165, 1.54) is 12.1 Å². The minimum absolute atomic E-state index is 0.0428. The van der Waals surface area contributed by atoms with Crippen molar-refractivity contribution in [2.45, 2.75) is 51.0 Å². The molecule has 0 spiro atoms. The number of benzene rings is 2. The molecule has 0 aromatic heterocycles. The second-order valence-corrected chi connectivity index (χ2v) is 11.9. The molecule has 2 bridgehead atoms. The van der Waals surface area contributed by atoms with Crippen LogP contribution in [0.4, 0.5) is 10.1 Å². The van der Waals surface area contributed by atoms with Crippen LogP contribution < -0.4 is 4.31 Å². The van der Waals surface area contributed by atoms with Gasteiger partial charge in [0.15, 0.2) is 0 Å². The molecule has 2 unspecified atom stereocenters. The number of carbonyl (C=O) groups is 1. The second-order valence-electron chi connectivity index (χ2n) is 10.0. The summed E-state index contributed by atoms with van der Waals surface area (Å²) in [6, 6.07) is 13.4. The minimum atomic E-state index is -4.04. The fraction of sp³-hybridized carbons (Fsp3) is 0.458. The van der Waals surface area contributed by atoms with E-state index < -0.39 is 15.8 Å². The first-order chi connectivity index (χ1) is 14.5. The number of hydrogen-bond acceptors (Lipinski definition) is 3. The molecule has 1 aliphatic carbocycles. The van der Waals surface area contributed by atoms with Crippen molar-refractivity contribution in [2.75, 3.05) is 17.4 Å². The summed E-state index contributed by atoms with van der Waals surface area (Å²) in [6.07, 6.45) is 2.93. The Kier molecular flexibility index (Phi) is 5.36. The third-order valence-electron chi connectivity index (χ3n) is 6.46. The number of amides is 1. The van der Waals surface area contributed by atoms with Crippen LogP contribution in [0.2, 0.25) is 0 Å². The standard InChI is InChI=1S/C24H29FN2O3S/c1-23(2)13-20-14-24(3,16-23)17-26(20)22(28)15-27(19-7-5-4-6-8-19)31(29,30)21-11-9-18(25)10-12-21/h4-12,20H,13-17H2,1-3H3. The lowest BCUT2D eigenvalue weighted by Gasteiger charge is -2.39. The Morgan fingerprint density at radius 3 is 2.35 bits per heavy atom. The number of likely N-dealkylation sites (tertiary alicyclic amines) is 1. The molecular weight excluding hydrogens is 415 g/mol. The number of nitrogens with zero attached hydrogens (tertiary/aromatic N) is 2. The molecule has 4 rings (SSSR count). The van der Waals surface area contributed by atoms with Crippen LogP contribution in [0.5, 0.6) is 0 Å². The van der Waals surface area contributed by atoms with Crippen molar-refractivity contribution >= 4 is 21.6 Å². The van der Waals surface area contributed by atoms with Crippen LogP contribution in [0.3, 0.4) is 0 Å². The van der Waals surface area contributed by atoms with E-state index in [0.29, 0.717) is 12.2 Å². The third-order valence-corrected chi connectivity index (χ3v) is 8.25. The van der Waals surface area contributed by atoms with Gasteiger partial charge in [-0.05, 0) is 66.5 Å². The van der Waals surface area contributed by atoms with E-state index in [2.05, 4.69) is 20.8 Å². The smallest absolute Gasteiger partial charge is 0.264 e. The maximum Gasteiger partial charge on any atom is 0.264 e. The summed E-state index contributed by atoms with van der Waals surface area (Å²) in [7, 11) is -4.04. The van der Waals surface area contributed by atoms with E-state index in [0.717, 1.165) is 35.7 Å². The Balaban J connectivity index is 1.65. The monoisotopic (exact) mass is 444 g/mol. The first-order valence-electron chi connectivity index (χ1n) is 10.6. The van der Waals surface area contributed by atoms with Crippen molar-refractivity contribution in [3.63, 3.8) is 0 Å². The van der Waals surface area contributed by atoms with Gasteiger partial charge >= 0.3 is 0 Å². The highest BCUT2D eigenvalue weighted by Crippen LogP contribution is 2.52. The van der Waals surface area contributed by atoms with E-state index in [4.69, 9.17) is 0 Å². The van der Waals surface area contributed by atoms with Crippen molar-refractivity contribution in [1.82, 2.24) is 4.90 Å². The van der Waals surface area contributed by atoms with Gasteiger partial charge in [0.25, 0.3) is 10.0 Å². The van der Waals surface area contributed by atoms with Crippen molar-refractivity contribution in [1.29, 1.82) is 0 Å². The summed E-state index contributed by atoms with van der Waals surface area (Å²) in [5.74, 6) is -0.706. The lowest BCUT2D eigenvalue weighted by Crippen LogP contribution is -2.45. The van der Waals surface area contributed by atoms with Crippen molar-refractivity contribution in [3.8, 4) is 0 Å². The third kappa shape index (κ3) is 4.33. The SMILES string of the molecule is CC1(C)CC2CC(C)(CN2C(=O)CN(c2ccccc2)S(=O)(=O)c2ccc(F)cc2)C1. The van der Waals surface area contributed by atoms with Crippen LogP contribution in [0.15, 0.2) is 59.5 Å². The van der Waals surface area contributed by atoms with Gasteiger partial charge in [-0.1, -0.05) is 39.0 Å². The summed E-state index contributed by atoms with van der Waals surface area (Å²) in [4.78, 5) is 15.3. The Morgan fingerprint density at radius 1 is 1.06 bits per heavy atom. The molecular formula is C24H29FN2O3S. The van der Waals surface area contributed by atoms with Crippen LogP contribution in [0.25, 0.3) is 0 Å². The van der Waals surface area contributed by atoms with E-state index in [1.54, 1.807) is 30.3 Å². The summed E-state index contributed by atoms with van der Waals surface area (Å²) in [5, 5.41) is 0. The van der Waals surface area contributed by atoms with Crippen LogP contribution in [0, 0.1) is 16.6 Å². The van der Waals surface area contributed by atoms with Gasteiger partial charge in [-0.3, -0.25) is 9.10 Å². The number of carbonyl (C=O) groups excluding carboxylic acids is 1. The van der Waals surface area contributed by atoms with Gasteiger partial charge in [0, 0.05) is 12.6 Å². The number of halogens is 1. The predicted octanol–water partition coefficient (Wildman–Crippen LogP) is 4.45. The molecule has 0 radical (unpaired) electrons. The zero-order valence-corrected chi connectivity index (χ0v) is 19.0. The Bertz CT molecular complexity index is 1070. The Labute approximate surface area is 183 Å². The summed E-state index contributed by atoms with van der Waals surface area (Å²) in [6.45, 7) is 7.07. The largest absolute Gasteiger partial charge is 0.338 e. The highest BCUT2D eigenvalue weighted by atomic mass is 32.2. The van der Waals surface area contributed by atoms with Crippen molar-refractivity contribution in [3.05, 3.63) is 60.4 Å². The normalized spacial score (nSPS) is 24.8. The van der Waals surface area contributed by atoms with Gasteiger partial charge in [0.1, 0.15) is 12.4 Å². The van der Waals surface area contributed by atoms with Crippen molar-refractivity contribution in [2.24, 2.45) is 10.8 Å². The van der Waals surface area contributed by atoms with E-state index in [9.17, 15) is 17.6 Å². The first-order valence-corrected chi connectivity index (χ1v) is 12.1. The maximum absolute atomic E-state index is 13.4. The zero-order valence-electron chi connectivity index (χ0n) is 18.2. The lowest BCUT2D eigenvalue weighted by molar-refractivity contribution is -0.130. The molecule has 31 heavy (non-hydrogen) atoms. The quantitative estimate of drug-likeness (QED) is 0.685. The summed E-state index contributed by atoms with van der Waals surface area (Å²) in [5.41, 5.74) is 0.635. The number of anilines is 1. The molecule has 1 amide bonds. The molecule has 1 saturated heterocycles. The molecule has 1 heterocycles. The highest BCUT2D eigenvalue weighted by Gasteiger charge is 2.51. The fourth-order valence-electron chi connectivity index (χ4n) is 5.61.